The summed E-state index contributed by atoms with van der Waals surface area (Å²) in [5.74, 6) is -0.256. The molecule has 1 heterocycles. The summed E-state index contributed by atoms with van der Waals surface area (Å²) >= 11 is 0. The van der Waals surface area contributed by atoms with E-state index >= 15 is 0 Å². The molecule has 1 unspecified atom stereocenters. The molecule has 0 spiro atoms. The molecule has 0 bridgehead atoms. The summed E-state index contributed by atoms with van der Waals surface area (Å²) < 4.78 is 5.31. The molecule has 7 nitrogen and oxygen atoms in total. The zero-order valence-electron chi connectivity index (χ0n) is 12.2. The number of ether oxygens (including phenoxy) is 1. The smallest absolute Gasteiger partial charge is 0.414 e. The molecule has 0 radical (unpaired) electrons. The lowest BCUT2D eigenvalue weighted by atomic mass is 10.0. The predicted octanol–water partition coefficient (Wildman–Crippen LogP) is 2.43. The van der Waals surface area contributed by atoms with Crippen molar-refractivity contribution in [2.75, 3.05) is 18.1 Å². The quantitative estimate of drug-likeness (QED) is 0.668. The van der Waals surface area contributed by atoms with Crippen molar-refractivity contribution in [1.82, 2.24) is 0 Å². The molecule has 1 aliphatic rings. The Morgan fingerprint density at radius 1 is 1.52 bits per heavy atom. The first-order chi connectivity index (χ1) is 9.73. The van der Waals surface area contributed by atoms with Crippen LogP contribution in [0.2, 0.25) is 0 Å². The Morgan fingerprint density at radius 2 is 2.19 bits per heavy atom. The molecule has 1 atom stereocenters. The molecule has 7 heteroatoms. The summed E-state index contributed by atoms with van der Waals surface area (Å²) in [4.78, 5) is 23.9. The van der Waals surface area contributed by atoms with Crippen LogP contribution < -0.4 is 4.90 Å². The van der Waals surface area contributed by atoms with Gasteiger partial charge in [-0.2, -0.15) is 0 Å². The summed E-state index contributed by atoms with van der Waals surface area (Å²) in [5, 5.41) is 20.3. The van der Waals surface area contributed by atoms with Gasteiger partial charge in [-0.05, 0) is 32.4 Å². The molecule has 0 aromatic heterocycles. The summed E-state index contributed by atoms with van der Waals surface area (Å²) in [6.45, 7) is 5.36. The van der Waals surface area contributed by atoms with Gasteiger partial charge < -0.3 is 9.84 Å². The fraction of sp³-hybridized carbons (Fsp3) is 0.500. The highest BCUT2D eigenvalue weighted by Crippen LogP contribution is 2.39. The van der Waals surface area contributed by atoms with Crippen LogP contribution in [0.1, 0.15) is 32.3 Å². The molecular weight excluding hydrogens is 276 g/mol. The van der Waals surface area contributed by atoms with Gasteiger partial charge in [0.05, 0.1) is 17.2 Å². The molecule has 0 saturated carbocycles. The van der Waals surface area contributed by atoms with Crippen molar-refractivity contribution < 1.29 is 19.6 Å². The van der Waals surface area contributed by atoms with Crippen molar-refractivity contribution in [2.24, 2.45) is 0 Å². The first-order valence-electron chi connectivity index (χ1n) is 6.62. The highest BCUT2D eigenvalue weighted by Gasteiger charge is 2.35. The second-order valence-electron chi connectivity index (χ2n) is 5.97. The van der Waals surface area contributed by atoms with Crippen LogP contribution in [0.5, 0.6) is 0 Å². The molecular formula is C14H18N2O5. The van der Waals surface area contributed by atoms with E-state index in [0.29, 0.717) is 11.3 Å². The first-order valence-corrected chi connectivity index (χ1v) is 6.62. The number of non-ortho nitro benzene ring substituents is 1. The molecule has 2 rings (SSSR count). The van der Waals surface area contributed by atoms with Gasteiger partial charge >= 0.3 is 6.09 Å². The highest BCUT2D eigenvalue weighted by atomic mass is 16.6. The average molecular weight is 294 g/mol. The van der Waals surface area contributed by atoms with Crippen molar-refractivity contribution in [3.8, 4) is 0 Å². The van der Waals surface area contributed by atoms with Crippen LogP contribution in [0.25, 0.3) is 0 Å². The Bertz CT molecular complexity index is 579. The molecule has 1 aliphatic heterocycles. The van der Waals surface area contributed by atoms with Gasteiger partial charge in [0.25, 0.3) is 5.69 Å². The largest absolute Gasteiger partial charge is 0.443 e. The number of benzene rings is 1. The predicted molar refractivity (Wildman–Crippen MR) is 76.5 cm³/mol. The third kappa shape index (κ3) is 3.13. The van der Waals surface area contributed by atoms with E-state index in [0.717, 1.165) is 0 Å². The molecule has 21 heavy (non-hydrogen) atoms. The minimum absolute atomic E-state index is 0.0964. The first kappa shape index (κ1) is 15.2. The Morgan fingerprint density at radius 3 is 2.71 bits per heavy atom. The number of anilines is 1. The topological polar surface area (TPSA) is 92.9 Å². The number of nitro benzene ring substituents is 1. The van der Waals surface area contributed by atoms with Crippen LogP contribution in [0.3, 0.4) is 0 Å². The van der Waals surface area contributed by atoms with Gasteiger partial charge in [0.15, 0.2) is 0 Å². The number of aliphatic hydroxyl groups excluding tert-OH is 1. The van der Waals surface area contributed by atoms with E-state index in [4.69, 9.17) is 4.74 Å². The van der Waals surface area contributed by atoms with Crippen molar-refractivity contribution >= 4 is 17.5 Å². The number of nitrogens with zero attached hydrogens (tertiary/aromatic N) is 2. The van der Waals surface area contributed by atoms with Crippen LogP contribution in [0, 0.1) is 10.1 Å². The summed E-state index contributed by atoms with van der Waals surface area (Å²) in [6.07, 6.45) is -0.569. The minimum atomic E-state index is -0.657. The number of carbonyl (C=O) groups is 1. The van der Waals surface area contributed by atoms with Gasteiger partial charge in [0, 0.05) is 24.6 Å². The molecule has 0 aliphatic carbocycles. The summed E-state index contributed by atoms with van der Waals surface area (Å²) in [7, 11) is 0. The van der Waals surface area contributed by atoms with Crippen LogP contribution in [0.15, 0.2) is 18.2 Å². The third-order valence-electron chi connectivity index (χ3n) is 3.19. The fourth-order valence-electron chi connectivity index (χ4n) is 2.29. The Hall–Kier alpha value is -2.15. The van der Waals surface area contributed by atoms with Gasteiger partial charge in [0.1, 0.15) is 5.60 Å². The van der Waals surface area contributed by atoms with Gasteiger partial charge in [0.2, 0.25) is 0 Å². The maximum Gasteiger partial charge on any atom is 0.414 e. The van der Waals surface area contributed by atoms with Crippen molar-refractivity contribution in [1.29, 1.82) is 0 Å². The van der Waals surface area contributed by atoms with E-state index in [1.54, 1.807) is 26.8 Å². The molecule has 1 aromatic carbocycles. The van der Waals surface area contributed by atoms with E-state index in [2.05, 4.69) is 0 Å². The van der Waals surface area contributed by atoms with Crippen LogP contribution in [-0.2, 0) is 4.74 Å². The van der Waals surface area contributed by atoms with E-state index < -0.39 is 16.6 Å². The van der Waals surface area contributed by atoms with Gasteiger partial charge in [-0.15, -0.1) is 0 Å². The van der Waals surface area contributed by atoms with Gasteiger partial charge in [-0.3, -0.25) is 15.0 Å². The second-order valence-corrected chi connectivity index (χ2v) is 5.97. The molecule has 1 aromatic rings. The van der Waals surface area contributed by atoms with Gasteiger partial charge in [-0.25, -0.2) is 4.79 Å². The number of nitro groups is 1. The number of fused-ring (bicyclic) bond motifs is 1. The highest BCUT2D eigenvalue weighted by molar-refractivity contribution is 5.91. The van der Waals surface area contributed by atoms with E-state index in [1.807, 2.05) is 0 Å². The lowest BCUT2D eigenvalue weighted by molar-refractivity contribution is -0.384. The van der Waals surface area contributed by atoms with E-state index in [-0.39, 0.29) is 24.8 Å². The Balaban J connectivity index is 2.37. The summed E-state index contributed by atoms with van der Waals surface area (Å²) in [5.41, 5.74) is 0.391. The molecule has 1 N–H and O–H groups in total. The van der Waals surface area contributed by atoms with E-state index in [9.17, 15) is 20.0 Å². The minimum Gasteiger partial charge on any atom is -0.443 e. The number of rotatable bonds is 2. The number of carbonyl (C=O) groups excluding carboxylic acids is 1. The second kappa shape index (κ2) is 5.33. The number of hydrogen-bond donors (Lipinski definition) is 1. The van der Waals surface area contributed by atoms with Crippen molar-refractivity contribution in [2.45, 2.75) is 32.3 Å². The van der Waals surface area contributed by atoms with Crippen molar-refractivity contribution in [3.05, 3.63) is 33.9 Å². The zero-order valence-corrected chi connectivity index (χ0v) is 12.2. The monoisotopic (exact) mass is 294 g/mol. The zero-order chi connectivity index (χ0) is 15.8. The van der Waals surface area contributed by atoms with Crippen LogP contribution in [0.4, 0.5) is 16.2 Å². The average Bonchev–Trinajstić information content (AvgIpc) is 2.74. The van der Waals surface area contributed by atoms with Crippen LogP contribution in [-0.4, -0.2) is 34.9 Å². The van der Waals surface area contributed by atoms with Crippen molar-refractivity contribution in [3.63, 3.8) is 0 Å². The lowest BCUT2D eigenvalue weighted by Gasteiger charge is -2.24. The summed E-state index contributed by atoms with van der Waals surface area (Å²) in [6, 6.07) is 4.30. The number of amides is 1. The maximum absolute atomic E-state index is 12.2. The van der Waals surface area contributed by atoms with Gasteiger partial charge in [-0.1, -0.05) is 0 Å². The van der Waals surface area contributed by atoms with Crippen LogP contribution >= 0.6 is 0 Å². The van der Waals surface area contributed by atoms with E-state index in [1.165, 1.54) is 17.0 Å². The molecule has 1 amide bonds. The molecule has 114 valence electrons. The lowest BCUT2D eigenvalue weighted by Crippen LogP contribution is -2.36. The molecule has 0 fully saturated rings. The standard InChI is InChI=1S/C14H18N2O5/c1-14(2,3)21-13(18)15-7-9(8-17)11-5-4-10(16(19)20)6-12(11)15/h4-6,9,17H,7-8H2,1-3H3. The maximum atomic E-state index is 12.2. The normalized spacial score (nSPS) is 17.5. The molecule has 0 saturated heterocycles. The SMILES string of the molecule is CC(C)(C)OC(=O)N1CC(CO)c2ccc([N+](=O)[O-])cc21. The number of aliphatic hydroxyl groups is 1. The Kier molecular flexibility index (Phi) is 3.87. The third-order valence-corrected chi connectivity index (χ3v) is 3.19. The fourth-order valence-corrected chi connectivity index (χ4v) is 2.29. The number of hydrogen-bond acceptors (Lipinski definition) is 5. The Labute approximate surface area is 122 Å².